The number of nitrogens with zero attached hydrogens (tertiary/aromatic N) is 1. The largest absolute Gasteiger partial charge is 0.389 e. The first-order valence-electron chi connectivity index (χ1n) is 6.53. The normalized spacial score (nSPS) is 14.7. The van der Waals surface area contributed by atoms with E-state index in [0.29, 0.717) is 12.0 Å². The molecule has 0 aliphatic rings. The Bertz CT molecular complexity index is 390. The lowest BCUT2D eigenvalue weighted by Crippen LogP contribution is -2.30. The zero-order chi connectivity index (χ0) is 13.9. The quantitative estimate of drug-likeness (QED) is 0.872. The van der Waals surface area contributed by atoms with Crippen molar-refractivity contribution in [3.8, 4) is 0 Å². The highest BCUT2D eigenvalue weighted by atomic mass is 79.9. The SMILES string of the molecule is CC(C)CC(C)N(C)c1ccc([C@@H](C)O)cc1Br. The van der Waals surface area contributed by atoms with Crippen LogP contribution in [0.3, 0.4) is 0 Å². The number of halogens is 1. The molecule has 3 heteroatoms. The fraction of sp³-hybridized carbons (Fsp3) is 0.600. The van der Waals surface area contributed by atoms with Crippen LogP contribution in [0.2, 0.25) is 0 Å². The molecule has 1 rings (SSSR count). The van der Waals surface area contributed by atoms with E-state index in [9.17, 15) is 5.11 Å². The van der Waals surface area contributed by atoms with Crippen LogP contribution in [0, 0.1) is 5.92 Å². The molecule has 2 atom stereocenters. The molecule has 0 saturated heterocycles. The van der Waals surface area contributed by atoms with E-state index in [2.05, 4.69) is 54.7 Å². The summed E-state index contributed by atoms with van der Waals surface area (Å²) in [4.78, 5) is 2.29. The van der Waals surface area contributed by atoms with E-state index in [1.807, 2.05) is 12.1 Å². The Hall–Kier alpha value is -0.540. The molecule has 0 aliphatic carbocycles. The molecule has 18 heavy (non-hydrogen) atoms. The summed E-state index contributed by atoms with van der Waals surface area (Å²) in [7, 11) is 2.12. The molecule has 102 valence electrons. The Morgan fingerprint density at radius 2 is 1.83 bits per heavy atom. The summed E-state index contributed by atoms with van der Waals surface area (Å²) < 4.78 is 1.04. The Labute approximate surface area is 119 Å². The molecule has 2 nitrogen and oxygen atoms in total. The predicted molar refractivity (Wildman–Crippen MR) is 82.1 cm³/mol. The molecule has 1 aromatic carbocycles. The van der Waals surface area contributed by atoms with E-state index in [4.69, 9.17) is 0 Å². The molecule has 0 fully saturated rings. The third-order valence-corrected chi connectivity index (χ3v) is 3.94. The Morgan fingerprint density at radius 3 is 2.28 bits per heavy atom. The maximum Gasteiger partial charge on any atom is 0.0762 e. The van der Waals surface area contributed by atoms with Crippen LogP contribution in [0.15, 0.2) is 22.7 Å². The van der Waals surface area contributed by atoms with Crippen LogP contribution in [0.5, 0.6) is 0 Å². The van der Waals surface area contributed by atoms with Gasteiger partial charge in [-0.25, -0.2) is 0 Å². The average Bonchev–Trinajstić information content (AvgIpc) is 2.26. The summed E-state index contributed by atoms with van der Waals surface area (Å²) in [6.07, 6.45) is 0.745. The highest BCUT2D eigenvalue weighted by Gasteiger charge is 2.15. The molecule has 1 unspecified atom stereocenters. The van der Waals surface area contributed by atoms with Crippen LogP contribution in [-0.2, 0) is 0 Å². The smallest absolute Gasteiger partial charge is 0.0762 e. The second kappa shape index (κ2) is 6.58. The van der Waals surface area contributed by atoms with E-state index < -0.39 is 6.10 Å². The molecular weight excluding hydrogens is 290 g/mol. The fourth-order valence-corrected chi connectivity index (χ4v) is 2.82. The van der Waals surface area contributed by atoms with E-state index in [1.165, 1.54) is 12.1 Å². The van der Waals surface area contributed by atoms with Gasteiger partial charge < -0.3 is 10.0 Å². The number of benzene rings is 1. The van der Waals surface area contributed by atoms with Gasteiger partial charge >= 0.3 is 0 Å². The second-order valence-corrected chi connectivity index (χ2v) is 6.33. The third-order valence-electron chi connectivity index (χ3n) is 3.31. The van der Waals surface area contributed by atoms with Crippen molar-refractivity contribution in [2.75, 3.05) is 11.9 Å². The molecule has 1 aromatic rings. The standard InChI is InChI=1S/C15H24BrNO/c1-10(2)8-11(3)17(5)15-7-6-13(12(4)18)9-14(15)16/h6-7,9-12,18H,8H2,1-5H3/t11?,12-/m1/s1. The molecule has 0 amide bonds. The molecule has 0 bridgehead atoms. The number of hydrogen-bond donors (Lipinski definition) is 1. The van der Waals surface area contributed by atoms with Gasteiger partial charge in [-0.1, -0.05) is 19.9 Å². The predicted octanol–water partition coefficient (Wildman–Crippen LogP) is 4.37. The van der Waals surface area contributed by atoms with Crippen LogP contribution >= 0.6 is 15.9 Å². The minimum Gasteiger partial charge on any atom is -0.389 e. The van der Waals surface area contributed by atoms with E-state index >= 15 is 0 Å². The van der Waals surface area contributed by atoms with Gasteiger partial charge in [-0.15, -0.1) is 0 Å². The van der Waals surface area contributed by atoms with Crippen LogP contribution < -0.4 is 4.90 Å². The topological polar surface area (TPSA) is 23.5 Å². The van der Waals surface area contributed by atoms with Crippen molar-refractivity contribution in [3.63, 3.8) is 0 Å². The summed E-state index contributed by atoms with van der Waals surface area (Å²) >= 11 is 3.60. The van der Waals surface area contributed by atoms with Gasteiger partial charge in [-0.05, 0) is 59.8 Å². The summed E-state index contributed by atoms with van der Waals surface area (Å²) in [5.74, 6) is 0.693. The summed E-state index contributed by atoms with van der Waals surface area (Å²) in [6, 6.07) is 6.56. The molecule has 0 saturated carbocycles. The number of aliphatic hydroxyl groups is 1. The maximum atomic E-state index is 9.57. The first-order chi connectivity index (χ1) is 8.32. The minimum atomic E-state index is -0.422. The van der Waals surface area contributed by atoms with Crippen molar-refractivity contribution in [2.45, 2.75) is 46.3 Å². The Balaban J connectivity index is 2.89. The summed E-state index contributed by atoms with van der Waals surface area (Å²) in [5.41, 5.74) is 2.11. The second-order valence-electron chi connectivity index (χ2n) is 5.48. The first-order valence-corrected chi connectivity index (χ1v) is 7.32. The van der Waals surface area contributed by atoms with Crippen molar-refractivity contribution < 1.29 is 5.11 Å². The maximum absolute atomic E-state index is 9.57. The van der Waals surface area contributed by atoms with Gasteiger partial charge in [0, 0.05) is 17.6 Å². The fourth-order valence-electron chi connectivity index (χ4n) is 2.15. The number of hydrogen-bond acceptors (Lipinski definition) is 2. The van der Waals surface area contributed by atoms with Crippen LogP contribution in [0.4, 0.5) is 5.69 Å². The van der Waals surface area contributed by atoms with E-state index in [1.54, 1.807) is 6.92 Å². The van der Waals surface area contributed by atoms with Gasteiger partial charge in [-0.3, -0.25) is 0 Å². The Morgan fingerprint density at radius 1 is 1.22 bits per heavy atom. The monoisotopic (exact) mass is 313 g/mol. The van der Waals surface area contributed by atoms with E-state index in [-0.39, 0.29) is 0 Å². The summed E-state index contributed by atoms with van der Waals surface area (Å²) in [6.45, 7) is 8.52. The van der Waals surface area contributed by atoms with Crippen LogP contribution in [-0.4, -0.2) is 18.2 Å². The number of aliphatic hydroxyl groups excluding tert-OH is 1. The van der Waals surface area contributed by atoms with Gasteiger partial charge in [0.1, 0.15) is 0 Å². The molecule has 0 radical (unpaired) electrons. The first kappa shape index (κ1) is 15.5. The molecule has 0 heterocycles. The van der Waals surface area contributed by atoms with Crippen molar-refractivity contribution >= 4 is 21.6 Å². The van der Waals surface area contributed by atoms with Gasteiger partial charge in [0.25, 0.3) is 0 Å². The minimum absolute atomic E-state index is 0.422. The number of anilines is 1. The average molecular weight is 314 g/mol. The van der Waals surface area contributed by atoms with Crippen molar-refractivity contribution in [1.82, 2.24) is 0 Å². The van der Waals surface area contributed by atoms with Gasteiger partial charge in [0.15, 0.2) is 0 Å². The van der Waals surface area contributed by atoms with Gasteiger partial charge in [0.2, 0.25) is 0 Å². The molecule has 0 aliphatic heterocycles. The zero-order valence-corrected chi connectivity index (χ0v) is 13.5. The van der Waals surface area contributed by atoms with Crippen LogP contribution in [0.1, 0.15) is 45.8 Å². The van der Waals surface area contributed by atoms with Crippen LogP contribution in [0.25, 0.3) is 0 Å². The molecular formula is C15H24BrNO. The van der Waals surface area contributed by atoms with Crippen molar-refractivity contribution in [1.29, 1.82) is 0 Å². The van der Waals surface area contributed by atoms with Gasteiger partial charge in [0.05, 0.1) is 11.8 Å². The lowest BCUT2D eigenvalue weighted by molar-refractivity contribution is 0.199. The van der Waals surface area contributed by atoms with Crippen molar-refractivity contribution in [2.24, 2.45) is 5.92 Å². The Kier molecular flexibility index (Phi) is 5.67. The highest BCUT2D eigenvalue weighted by Crippen LogP contribution is 2.30. The summed E-state index contributed by atoms with van der Waals surface area (Å²) in [5, 5.41) is 9.57. The lowest BCUT2D eigenvalue weighted by Gasteiger charge is -2.29. The highest BCUT2D eigenvalue weighted by molar-refractivity contribution is 9.10. The molecule has 0 aromatic heterocycles. The zero-order valence-electron chi connectivity index (χ0n) is 11.9. The number of rotatable bonds is 5. The van der Waals surface area contributed by atoms with Gasteiger partial charge in [-0.2, -0.15) is 0 Å². The molecule has 0 spiro atoms. The third kappa shape index (κ3) is 3.99. The molecule has 1 N–H and O–H groups in total. The van der Waals surface area contributed by atoms with Crippen molar-refractivity contribution in [3.05, 3.63) is 28.2 Å². The van der Waals surface area contributed by atoms with E-state index in [0.717, 1.165) is 10.0 Å². The lowest BCUT2D eigenvalue weighted by atomic mass is 10.0.